The number of aromatic nitrogens is 2. The molecule has 0 bridgehead atoms. The first-order valence-electron chi connectivity index (χ1n) is 5.93. The minimum atomic E-state index is 0.518. The van der Waals surface area contributed by atoms with Gasteiger partial charge in [-0.3, -0.25) is 0 Å². The van der Waals surface area contributed by atoms with Crippen LogP contribution in [-0.4, -0.2) is 10.2 Å². The molecule has 0 atom stereocenters. The molecule has 0 unspecified atom stereocenters. The Morgan fingerprint density at radius 3 is 2.63 bits per heavy atom. The fourth-order valence-electron chi connectivity index (χ4n) is 1.65. The van der Waals surface area contributed by atoms with Crippen LogP contribution in [0.5, 0.6) is 0 Å². The summed E-state index contributed by atoms with van der Waals surface area (Å²) in [7, 11) is 0. The van der Waals surface area contributed by atoms with Gasteiger partial charge in [0.25, 0.3) is 0 Å². The van der Waals surface area contributed by atoms with Crippen molar-refractivity contribution >= 4 is 23.5 Å². The second-order valence-corrected chi connectivity index (χ2v) is 5.14. The van der Waals surface area contributed by atoms with Gasteiger partial charge in [0.05, 0.1) is 0 Å². The van der Waals surface area contributed by atoms with Crippen LogP contribution in [-0.2, 0) is 0 Å². The Bertz CT molecular complexity index is 681. The molecule has 1 aromatic carbocycles. The zero-order chi connectivity index (χ0) is 13.1. The van der Waals surface area contributed by atoms with Crippen LogP contribution < -0.4 is 0 Å². The summed E-state index contributed by atoms with van der Waals surface area (Å²) in [6.07, 6.45) is 3.80. The first-order chi connectivity index (χ1) is 9.31. The lowest BCUT2D eigenvalue weighted by Gasteiger charge is -1.94. The summed E-state index contributed by atoms with van der Waals surface area (Å²) in [5.74, 6) is 1.06. The molecule has 3 nitrogen and oxygen atoms in total. The molecule has 0 N–H and O–H groups in total. The molecule has 19 heavy (non-hydrogen) atoms. The SMILES string of the molecule is Cc1ccc(-c2nnc(/C=C/c3cccs3)o2)cc1. The molecule has 2 heterocycles. The predicted molar refractivity (Wildman–Crippen MR) is 77.7 cm³/mol. The van der Waals surface area contributed by atoms with Gasteiger partial charge in [-0.2, -0.15) is 0 Å². The normalized spacial score (nSPS) is 11.2. The average Bonchev–Trinajstić information content (AvgIpc) is 3.09. The van der Waals surface area contributed by atoms with E-state index in [1.54, 1.807) is 11.3 Å². The second kappa shape index (κ2) is 5.20. The quantitative estimate of drug-likeness (QED) is 0.711. The Labute approximate surface area is 115 Å². The van der Waals surface area contributed by atoms with E-state index in [9.17, 15) is 0 Å². The van der Waals surface area contributed by atoms with Crippen molar-refractivity contribution < 1.29 is 4.42 Å². The highest BCUT2D eigenvalue weighted by Gasteiger charge is 2.05. The number of benzene rings is 1. The lowest BCUT2D eigenvalue weighted by atomic mass is 10.1. The Hall–Kier alpha value is -2.20. The van der Waals surface area contributed by atoms with Crippen LogP contribution in [0, 0.1) is 6.92 Å². The van der Waals surface area contributed by atoms with Crippen LogP contribution >= 0.6 is 11.3 Å². The monoisotopic (exact) mass is 268 g/mol. The maximum Gasteiger partial charge on any atom is 0.248 e. The van der Waals surface area contributed by atoms with E-state index in [4.69, 9.17) is 4.42 Å². The van der Waals surface area contributed by atoms with E-state index in [-0.39, 0.29) is 0 Å². The van der Waals surface area contributed by atoms with Crippen LogP contribution in [0.15, 0.2) is 46.2 Å². The Morgan fingerprint density at radius 1 is 1.05 bits per heavy atom. The molecule has 0 spiro atoms. The summed E-state index contributed by atoms with van der Waals surface area (Å²) < 4.78 is 5.60. The van der Waals surface area contributed by atoms with Crippen molar-refractivity contribution in [3.8, 4) is 11.5 Å². The highest BCUT2D eigenvalue weighted by atomic mass is 32.1. The van der Waals surface area contributed by atoms with Crippen molar-refractivity contribution in [1.29, 1.82) is 0 Å². The smallest absolute Gasteiger partial charge is 0.248 e. The molecule has 0 aliphatic carbocycles. The minimum absolute atomic E-state index is 0.518. The number of hydrogen-bond acceptors (Lipinski definition) is 4. The van der Waals surface area contributed by atoms with Gasteiger partial charge in [-0.05, 0) is 36.6 Å². The van der Waals surface area contributed by atoms with E-state index in [0.717, 1.165) is 10.4 Å². The highest BCUT2D eigenvalue weighted by Crippen LogP contribution is 2.19. The van der Waals surface area contributed by atoms with Crippen LogP contribution in [0.4, 0.5) is 0 Å². The van der Waals surface area contributed by atoms with E-state index in [0.29, 0.717) is 11.8 Å². The number of nitrogens with zero attached hydrogens (tertiary/aromatic N) is 2. The van der Waals surface area contributed by atoms with Gasteiger partial charge >= 0.3 is 0 Å². The second-order valence-electron chi connectivity index (χ2n) is 4.16. The third-order valence-corrected chi connectivity index (χ3v) is 3.51. The zero-order valence-electron chi connectivity index (χ0n) is 10.4. The molecule has 0 aliphatic heterocycles. The van der Waals surface area contributed by atoms with Gasteiger partial charge in [0.15, 0.2) is 0 Å². The van der Waals surface area contributed by atoms with E-state index in [1.165, 1.54) is 5.56 Å². The van der Waals surface area contributed by atoms with Crippen LogP contribution in [0.1, 0.15) is 16.3 Å². The van der Waals surface area contributed by atoms with Crippen LogP contribution in [0.25, 0.3) is 23.6 Å². The number of aryl methyl sites for hydroxylation is 1. The largest absolute Gasteiger partial charge is 0.417 e. The molecule has 3 aromatic rings. The van der Waals surface area contributed by atoms with Crippen molar-refractivity contribution in [2.24, 2.45) is 0 Å². The lowest BCUT2D eigenvalue weighted by Crippen LogP contribution is -1.77. The zero-order valence-corrected chi connectivity index (χ0v) is 11.2. The summed E-state index contributed by atoms with van der Waals surface area (Å²) in [6.45, 7) is 2.05. The molecule has 0 amide bonds. The fourth-order valence-corrected chi connectivity index (χ4v) is 2.27. The third-order valence-electron chi connectivity index (χ3n) is 2.67. The van der Waals surface area contributed by atoms with Crippen molar-refractivity contribution in [2.75, 3.05) is 0 Å². The van der Waals surface area contributed by atoms with E-state index >= 15 is 0 Å². The fraction of sp³-hybridized carbons (Fsp3) is 0.0667. The number of thiophene rings is 1. The molecule has 0 radical (unpaired) electrons. The molecule has 4 heteroatoms. The molecule has 3 rings (SSSR count). The molecule has 0 aliphatic rings. The summed E-state index contributed by atoms with van der Waals surface area (Å²) in [4.78, 5) is 1.16. The molecular weight excluding hydrogens is 256 g/mol. The summed E-state index contributed by atoms with van der Waals surface area (Å²) >= 11 is 1.67. The topological polar surface area (TPSA) is 38.9 Å². The van der Waals surface area contributed by atoms with Gasteiger partial charge in [-0.25, -0.2) is 0 Å². The maximum absolute atomic E-state index is 5.60. The minimum Gasteiger partial charge on any atom is -0.417 e. The molecule has 0 saturated carbocycles. The predicted octanol–water partition coefficient (Wildman–Crippen LogP) is 4.28. The first kappa shape index (κ1) is 11.9. The Morgan fingerprint density at radius 2 is 1.89 bits per heavy atom. The van der Waals surface area contributed by atoms with E-state index < -0.39 is 0 Å². The van der Waals surface area contributed by atoms with Gasteiger partial charge in [0, 0.05) is 16.5 Å². The standard InChI is InChI=1S/C15H12N2OS/c1-11-4-6-12(7-5-11)15-17-16-14(18-15)9-8-13-3-2-10-19-13/h2-10H,1H3/b9-8+. The van der Waals surface area contributed by atoms with Crippen LogP contribution in [0.2, 0.25) is 0 Å². The number of rotatable bonds is 3. The number of hydrogen-bond donors (Lipinski definition) is 0. The van der Waals surface area contributed by atoms with Gasteiger partial charge in [0.2, 0.25) is 11.8 Å². The van der Waals surface area contributed by atoms with Gasteiger partial charge in [-0.1, -0.05) is 23.8 Å². The summed E-state index contributed by atoms with van der Waals surface area (Å²) in [5, 5.41) is 10.1. The molecule has 0 saturated heterocycles. The van der Waals surface area contributed by atoms with Crippen molar-refractivity contribution in [3.05, 3.63) is 58.1 Å². The lowest BCUT2D eigenvalue weighted by molar-refractivity contribution is 0.558. The third kappa shape index (κ3) is 2.80. The van der Waals surface area contributed by atoms with Crippen molar-refractivity contribution in [2.45, 2.75) is 6.92 Å². The van der Waals surface area contributed by atoms with Gasteiger partial charge in [0.1, 0.15) is 0 Å². The van der Waals surface area contributed by atoms with Crippen LogP contribution in [0.3, 0.4) is 0 Å². The first-order valence-corrected chi connectivity index (χ1v) is 6.81. The van der Waals surface area contributed by atoms with Gasteiger partial charge < -0.3 is 4.42 Å². The average molecular weight is 268 g/mol. The van der Waals surface area contributed by atoms with E-state index in [2.05, 4.69) is 10.2 Å². The summed E-state index contributed by atoms with van der Waals surface area (Å²) in [6, 6.07) is 12.1. The van der Waals surface area contributed by atoms with E-state index in [1.807, 2.05) is 60.9 Å². The molecule has 2 aromatic heterocycles. The molecular formula is C15H12N2OS. The van der Waals surface area contributed by atoms with Gasteiger partial charge in [-0.15, -0.1) is 21.5 Å². The summed E-state index contributed by atoms with van der Waals surface area (Å²) in [5.41, 5.74) is 2.15. The Balaban J connectivity index is 1.81. The highest BCUT2D eigenvalue weighted by molar-refractivity contribution is 7.10. The maximum atomic E-state index is 5.60. The van der Waals surface area contributed by atoms with Crippen molar-refractivity contribution in [3.63, 3.8) is 0 Å². The Kier molecular flexibility index (Phi) is 3.25. The van der Waals surface area contributed by atoms with Crippen molar-refractivity contribution in [1.82, 2.24) is 10.2 Å². The molecule has 94 valence electrons. The molecule has 0 fully saturated rings.